The van der Waals surface area contributed by atoms with Crippen LogP contribution in [0.1, 0.15) is 42.0 Å². The van der Waals surface area contributed by atoms with Crippen LogP contribution < -0.4 is 16.2 Å². The van der Waals surface area contributed by atoms with Crippen molar-refractivity contribution in [1.29, 1.82) is 0 Å². The van der Waals surface area contributed by atoms with Gasteiger partial charge in [-0.25, -0.2) is 10.4 Å². The van der Waals surface area contributed by atoms with Gasteiger partial charge >= 0.3 is 0 Å². The van der Waals surface area contributed by atoms with Crippen molar-refractivity contribution in [2.45, 2.75) is 25.8 Å². The van der Waals surface area contributed by atoms with Crippen molar-refractivity contribution in [3.63, 3.8) is 0 Å². The van der Waals surface area contributed by atoms with Crippen molar-refractivity contribution >= 4 is 11.3 Å². The molecule has 1 aromatic heterocycles. The fourth-order valence-corrected chi connectivity index (χ4v) is 4.86. The third-order valence-corrected chi connectivity index (χ3v) is 6.97. The molecule has 5 N–H and O–H groups in total. The molecule has 0 amide bonds. The number of hydrogen-bond donors (Lipinski definition) is 5. The van der Waals surface area contributed by atoms with Crippen molar-refractivity contribution in [3.05, 3.63) is 71.3 Å². The van der Waals surface area contributed by atoms with Crippen LogP contribution in [-0.2, 0) is 11.2 Å². The Labute approximate surface area is 212 Å². The van der Waals surface area contributed by atoms with E-state index in [0.717, 1.165) is 86.1 Å². The average Bonchev–Trinajstić information content (AvgIpc) is 3.57. The number of aryl methyl sites for hydroxylation is 1. The summed E-state index contributed by atoms with van der Waals surface area (Å²) in [5, 5.41) is 13.0. The van der Waals surface area contributed by atoms with Crippen LogP contribution in [0.3, 0.4) is 0 Å². The lowest BCUT2D eigenvalue weighted by Gasteiger charge is -2.21. The zero-order valence-corrected chi connectivity index (χ0v) is 21.1. The molecule has 8 heteroatoms. The second kappa shape index (κ2) is 11.3. The molecule has 3 aromatic rings. The minimum Gasteiger partial charge on any atom is -0.508 e. The van der Waals surface area contributed by atoms with Gasteiger partial charge in [0.1, 0.15) is 17.6 Å². The van der Waals surface area contributed by atoms with Crippen molar-refractivity contribution in [2.75, 3.05) is 51.9 Å². The number of rotatable bonds is 4. The molecule has 1 unspecified atom stereocenters. The summed E-state index contributed by atoms with van der Waals surface area (Å²) in [5.41, 5.74) is 14.8. The van der Waals surface area contributed by atoms with Gasteiger partial charge in [-0.3, -0.25) is 0 Å². The van der Waals surface area contributed by atoms with Gasteiger partial charge in [-0.2, -0.15) is 0 Å². The third-order valence-electron chi connectivity index (χ3n) is 6.97. The molecule has 3 aliphatic heterocycles. The first-order valence-electron chi connectivity index (χ1n) is 12.8. The summed E-state index contributed by atoms with van der Waals surface area (Å²) >= 11 is 0. The number of ether oxygens (including phenoxy) is 1. The number of likely N-dealkylation sites (N-methyl/N-ethyl adjacent to an activating group) is 1. The maximum atomic E-state index is 9.80. The quantitative estimate of drug-likeness (QED) is 0.382. The highest BCUT2D eigenvalue weighted by molar-refractivity contribution is 5.75. The predicted molar refractivity (Wildman–Crippen MR) is 144 cm³/mol. The Morgan fingerprint density at radius 1 is 1.14 bits per heavy atom. The summed E-state index contributed by atoms with van der Waals surface area (Å²) in [6.45, 7) is 8.00. The van der Waals surface area contributed by atoms with Crippen LogP contribution in [0.15, 0.2) is 48.7 Å². The topological polar surface area (TPSA) is 97.5 Å². The SMILES string of the molecule is C1COCCN1.CCc1cc(O)ccc1-c1ccc2c(c1)NNC2c1ncc(C2=CCN(C)CC2)[nH]1. The summed E-state index contributed by atoms with van der Waals surface area (Å²) in [5.74, 6) is 1.23. The van der Waals surface area contributed by atoms with E-state index in [9.17, 15) is 5.11 Å². The van der Waals surface area contributed by atoms with Gasteiger partial charge in [-0.1, -0.05) is 31.2 Å². The van der Waals surface area contributed by atoms with Gasteiger partial charge in [0, 0.05) is 31.7 Å². The van der Waals surface area contributed by atoms with Crippen LogP contribution in [0.2, 0.25) is 0 Å². The fraction of sp³-hybridized carbons (Fsp3) is 0.393. The van der Waals surface area contributed by atoms with Crippen LogP contribution in [0.25, 0.3) is 16.7 Å². The largest absolute Gasteiger partial charge is 0.508 e. The van der Waals surface area contributed by atoms with Crippen molar-refractivity contribution in [1.82, 2.24) is 25.6 Å². The van der Waals surface area contributed by atoms with Crippen molar-refractivity contribution in [2.24, 2.45) is 0 Å². The first-order chi connectivity index (χ1) is 17.6. The number of nitrogens with one attached hydrogen (secondary N) is 4. The molecule has 0 radical (unpaired) electrons. The molecule has 0 aliphatic carbocycles. The van der Waals surface area contributed by atoms with Gasteiger partial charge < -0.3 is 30.5 Å². The number of hydrogen-bond acceptors (Lipinski definition) is 7. The number of fused-ring (bicyclic) bond motifs is 1. The highest BCUT2D eigenvalue weighted by Gasteiger charge is 2.27. The Morgan fingerprint density at radius 3 is 2.69 bits per heavy atom. The number of phenolic OH excluding ortho intramolecular Hbond substituents is 1. The molecule has 2 aromatic carbocycles. The van der Waals surface area contributed by atoms with Crippen molar-refractivity contribution in [3.8, 4) is 16.9 Å². The second-order valence-corrected chi connectivity index (χ2v) is 9.49. The number of morpholine rings is 1. The summed E-state index contributed by atoms with van der Waals surface area (Å²) in [6.07, 6.45) is 6.14. The molecule has 1 atom stereocenters. The van der Waals surface area contributed by atoms with Gasteiger partial charge in [0.25, 0.3) is 0 Å². The smallest absolute Gasteiger partial charge is 0.130 e. The number of aromatic hydroxyl groups is 1. The van der Waals surface area contributed by atoms with Crippen LogP contribution in [0.4, 0.5) is 5.69 Å². The van der Waals surface area contributed by atoms with E-state index in [1.807, 2.05) is 18.3 Å². The molecule has 1 saturated heterocycles. The molecule has 6 rings (SSSR count). The maximum Gasteiger partial charge on any atom is 0.130 e. The molecular weight excluding hydrogens is 452 g/mol. The lowest BCUT2D eigenvalue weighted by Crippen LogP contribution is -2.30. The number of nitrogens with zero attached hydrogens (tertiary/aromatic N) is 2. The van der Waals surface area contributed by atoms with Crippen molar-refractivity contribution < 1.29 is 9.84 Å². The number of hydrazine groups is 1. The summed E-state index contributed by atoms with van der Waals surface area (Å²) in [4.78, 5) is 10.5. The summed E-state index contributed by atoms with van der Waals surface area (Å²) < 4.78 is 5.01. The molecule has 3 aliphatic rings. The van der Waals surface area contributed by atoms with E-state index < -0.39 is 0 Å². The van der Waals surface area contributed by atoms with Gasteiger partial charge in [0.05, 0.1) is 30.8 Å². The standard InChI is InChI=1S/C24H27N5O.C4H9NO/c1-3-15-12-18(30)5-7-19(15)17-4-6-20-21(13-17)27-28-23(20)24-25-14-22(26-24)16-8-10-29(2)11-9-16;1-3-6-4-2-5-1/h4-8,12-14,23,27-28,30H,3,9-11H2,1-2H3,(H,25,26);5H,1-4H2. The van der Waals surface area contributed by atoms with Crippen LogP contribution in [0.5, 0.6) is 5.75 Å². The molecule has 0 spiro atoms. The van der Waals surface area contributed by atoms with E-state index in [1.54, 1.807) is 6.07 Å². The van der Waals surface area contributed by atoms with Crippen LogP contribution in [-0.4, -0.2) is 66.4 Å². The van der Waals surface area contributed by atoms with Crippen LogP contribution in [0, 0.1) is 0 Å². The zero-order valence-electron chi connectivity index (χ0n) is 21.1. The fourth-order valence-electron chi connectivity index (χ4n) is 4.86. The molecule has 190 valence electrons. The third kappa shape index (κ3) is 5.47. The minimum atomic E-state index is -0.0138. The Kier molecular flexibility index (Phi) is 7.67. The van der Waals surface area contributed by atoms with Gasteiger partial charge in [-0.05, 0) is 60.4 Å². The zero-order chi connectivity index (χ0) is 24.9. The number of anilines is 1. The lowest BCUT2D eigenvalue weighted by atomic mass is 9.95. The van der Waals surface area contributed by atoms with Gasteiger partial charge in [0.2, 0.25) is 0 Å². The minimum absolute atomic E-state index is 0.0138. The highest BCUT2D eigenvalue weighted by atomic mass is 16.5. The monoisotopic (exact) mass is 488 g/mol. The Hall–Kier alpha value is -3.17. The van der Waals surface area contributed by atoms with E-state index in [2.05, 4.69) is 69.3 Å². The number of phenols is 1. The lowest BCUT2D eigenvalue weighted by molar-refractivity contribution is 0.109. The second-order valence-electron chi connectivity index (χ2n) is 9.49. The maximum absolute atomic E-state index is 9.80. The van der Waals surface area contributed by atoms with Gasteiger partial charge in [0.15, 0.2) is 0 Å². The summed E-state index contributed by atoms with van der Waals surface area (Å²) in [6, 6.07) is 12.0. The van der Waals surface area contributed by atoms with E-state index in [4.69, 9.17) is 4.74 Å². The number of imidazole rings is 1. The highest BCUT2D eigenvalue weighted by Crippen LogP contribution is 2.37. The predicted octanol–water partition coefficient (Wildman–Crippen LogP) is 3.69. The molecule has 36 heavy (non-hydrogen) atoms. The molecule has 0 bridgehead atoms. The number of H-pyrrole nitrogens is 1. The van der Waals surface area contributed by atoms with E-state index in [1.165, 1.54) is 11.1 Å². The normalized spacial score (nSPS) is 19.6. The summed E-state index contributed by atoms with van der Waals surface area (Å²) in [7, 11) is 2.15. The molecule has 4 heterocycles. The first kappa shape index (κ1) is 24.5. The molecular formula is C28H36N6O2. The van der Waals surface area contributed by atoms with Gasteiger partial charge in [-0.15, -0.1) is 0 Å². The molecule has 8 nitrogen and oxygen atoms in total. The van der Waals surface area contributed by atoms with Crippen LogP contribution >= 0.6 is 0 Å². The number of aromatic amines is 1. The Morgan fingerprint density at radius 2 is 2.00 bits per heavy atom. The Balaban J connectivity index is 0.000000391. The first-order valence-corrected chi connectivity index (χ1v) is 12.8. The Bertz CT molecular complexity index is 1200. The van der Waals surface area contributed by atoms with E-state index in [-0.39, 0.29) is 6.04 Å². The van der Waals surface area contributed by atoms with E-state index in [0.29, 0.717) is 5.75 Å². The molecule has 1 fully saturated rings. The number of aromatic nitrogens is 2. The van der Waals surface area contributed by atoms with E-state index >= 15 is 0 Å². The number of benzene rings is 2. The average molecular weight is 489 g/mol. The molecule has 0 saturated carbocycles.